The van der Waals surface area contributed by atoms with Crippen LogP contribution in [-0.4, -0.2) is 41.6 Å². The first kappa shape index (κ1) is 20.6. The summed E-state index contributed by atoms with van der Waals surface area (Å²) in [6.07, 6.45) is 1.23. The van der Waals surface area contributed by atoms with Gasteiger partial charge in [-0.3, -0.25) is 9.59 Å². The Hall–Kier alpha value is -3.33. The second kappa shape index (κ2) is 8.31. The molecule has 1 N–H and O–H groups in total. The van der Waals surface area contributed by atoms with Gasteiger partial charge >= 0.3 is 0 Å². The van der Waals surface area contributed by atoms with Crippen LogP contribution in [0.1, 0.15) is 34.0 Å². The van der Waals surface area contributed by atoms with Crippen LogP contribution in [0.3, 0.4) is 0 Å². The summed E-state index contributed by atoms with van der Waals surface area (Å²) in [4.78, 5) is 32.8. The number of hydrogen-bond donors (Lipinski definition) is 1. The molecule has 2 amide bonds. The molecule has 2 aromatic heterocycles. The molecule has 5 rings (SSSR count). The van der Waals surface area contributed by atoms with E-state index in [0.717, 1.165) is 5.76 Å². The molecule has 0 aliphatic carbocycles. The van der Waals surface area contributed by atoms with E-state index in [-0.39, 0.29) is 24.5 Å². The van der Waals surface area contributed by atoms with Crippen LogP contribution in [0, 0.1) is 19.8 Å². The lowest BCUT2D eigenvalue weighted by Crippen LogP contribution is -2.41. The minimum absolute atomic E-state index is 0.0378. The topological polar surface area (TPSA) is 93.9 Å². The Balaban J connectivity index is 1.19. The third-order valence-corrected chi connectivity index (χ3v) is 6.90. The van der Waals surface area contributed by atoms with E-state index in [1.54, 1.807) is 18.2 Å². The fraction of sp³-hybridized carbons (Fsp3) is 0.348. The zero-order valence-electron chi connectivity index (χ0n) is 17.8. The third-order valence-electron chi connectivity index (χ3n) is 5.74. The van der Waals surface area contributed by atoms with Gasteiger partial charge in [-0.1, -0.05) is 0 Å². The summed E-state index contributed by atoms with van der Waals surface area (Å²) in [6, 6.07) is 9.10. The molecule has 2 aliphatic rings. The molecule has 0 unspecified atom stereocenters. The fourth-order valence-electron chi connectivity index (χ4n) is 3.96. The quantitative estimate of drug-likeness (QED) is 0.635. The average Bonchev–Trinajstić information content (AvgIpc) is 3.52. The number of aromatic nitrogens is 1. The molecule has 0 saturated carbocycles. The van der Waals surface area contributed by atoms with Crippen molar-refractivity contribution in [3.8, 4) is 22.3 Å². The van der Waals surface area contributed by atoms with E-state index in [9.17, 15) is 9.59 Å². The number of aryl methyl sites for hydroxylation is 2. The lowest BCUT2D eigenvalue weighted by atomic mass is 9.95. The molecule has 8 nitrogen and oxygen atoms in total. The second-order valence-corrected chi connectivity index (χ2v) is 8.97. The number of thiazole rings is 1. The number of likely N-dealkylation sites (tertiary alicyclic amines) is 1. The van der Waals surface area contributed by atoms with Crippen LogP contribution in [0.5, 0.6) is 11.5 Å². The Morgan fingerprint density at radius 1 is 1.09 bits per heavy atom. The molecule has 0 spiro atoms. The molecular weight excluding hydrogens is 430 g/mol. The van der Waals surface area contributed by atoms with Gasteiger partial charge in [0, 0.05) is 30.8 Å². The van der Waals surface area contributed by atoms with Crippen LogP contribution >= 0.6 is 11.3 Å². The normalized spacial score (nSPS) is 15.8. The van der Waals surface area contributed by atoms with Gasteiger partial charge in [-0.15, -0.1) is 11.3 Å². The van der Waals surface area contributed by atoms with Crippen LogP contribution in [0.15, 0.2) is 34.7 Å². The van der Waals surface area contributed by atoms with E-state index >= 15 is 0 Å². The first-order valence-electron chi connectivity index (χ1n) is 10.5. The fourth-order valence-corrected chi connectivity index (χ4v) is 4.95. The summed E-state index contributed by atoms with van der Waals surface area (Å²) in [6.45, 7) is 4.98. The number of anilines is 1. The maximum absolute atomic E-state index is 13.1. The molecular formula is C23H23N3O5S. The zero-order valence-corrected chi connectivity index (χ0v) is 18.7. The van der Waals surface area contributed by atoms with Crippen LogP contribution in [-0.2, 0) is 4.79 Å². The summed E-state index contributed by atoms with van der Waals surface area (Å²) < 4.78 is 16.3. The first-order valence-corrected chi connectivity index (χ1v) is 11.3. The van der Waals surface area contributed by atoms with Gasteiger partial charge in [-0.2, -0.15) is 0 Å². The Kier molecular flexibility index (Phi) is 5.34. The Morgan fingerprint density at radius 2 is 1.88 bits per heavy atom. The molecule has 0 bridgehead atoms. The lowest BCUT2D eigenvalue weighted by Gasteiger charge is -2.31. The second-order valence-electron chi connectivity index (χ2n) is 7.97. The number of ether oxygens (including phenoxy) is 2. The number of carbonyl (C=O) groups excluding carboxylic acids is 2. The molecule has 32 heavy (non-hydrogen) atoms. The Morgan fingerprint density at radius 3 is 2.62 bits per heavy atom. The van der Waals surface area contributed by atoms with E-state index in [2.05, 4.69) is 10.3 Å². The first-order chi connectivity index (χ1) is 15.5. The van der Waals surface area contributed by atoms with E-state index in [0.29, 0.717) is 64.5 Å². The summed E-state index contributed by atoms with van der Waals surface area (Å²) in [5.74, 6) is 2.57. The van der Waals surface area contributed by atoms with Crippen molar-refractivity contribution >= 4 is 28.8 Å². The van der Waals surface area contributed by atoms with Crippen molar-refractivity contribution in [2.24, 2.45) is 5.92 Å². The van der Waals surface area contributed by atoms with Crippen LogP contribution in [0.4, 0.5) is 5.69 Å². The smallest absolute Gasteiger partial charge is 0.265 e. The van der Waals surface area contributed by atoms with Crippen LogP contribution < -0.4 is 14.8 Å². The average molecular weight is 454 g/mol. The number of benzene rings is 1. The SMILES string of the molecule is Cc1ccc(-c2nc(C)c(C(=O)N3CCC(C(=O)Nc4ccc5c(c4)OCO5)CC3)s2)o1. The van der Waals surface area contributed by atoms with Gasteiger partial charge < -0.3 is 24.1 Å². The van der Waals surface area contributed by atoms with E-state index < -0.39 is 0 Å². The van der Waals surface area contributed by atoms with E-state index in [1.165, 1.54) is 11.3 Å². The van der Waals surface area contributed by atoms with Crippen molar-refractivity contribution in [2.75, 3.05) is 25.2 Å². The van der Waals surface area contributed by atoms with Crippen molar-refractivity contribution in [2.45, 2.75) is 26.7 Å². The highest BCUT2D eigenvalue weighted by molar-refractivity contribution is 7.17. The van der Waals surface area contributed by atoms with Crippen molar-refractivity contribution in [3.63, 3.8) is 0 Å². The number of furan rings is 1. The van der Waals surface area contributed by atoms with Gasteiger partial charge in [0.2, 0.25) is 12.7 Å². The summed E-state index contributed by atoms with van der Waals surface area (Å²) >= 11 is 1.35. The van der Waals surface area contributed by atoms with Crippen LogP contribution in [0.2, 0.25) is 0 Å². The van der Waals surface area contributed by atoms with Crippen molar-refractivity contribution in [1.29, 1.82) is 0 Å². The molecule has 1 fully saturated rings. The number of amides is 2. The monoisotopic (exact) mass is 453 g/mol. The minimum Gasteiger partial charge on any atom is -0.459 e. The third kappa shape index (κ3) is 3.95. The number of rotatable bonds is 4. The largest absolute Gasteiger partial charge is 0.459 e. The number of nitrogens with zero attached hydrogens (tertiary/aromatic N) is 2. The Bertz CT molecular complexity index is 1180. The molecule has 166 valence electrons. The molecule has 2 aliphatic heterocycles. The summed E-state index contributed by atoms with van der Waals surface area (Å²) in [7, 11) is 0. The highest BCUT2D eigenvalue weighted by Gasteiger charge is 2.30. The van der Waals surface area contributed by atoms with E-state index in [4.69, 9.17) is 13.9 Å². The molecule has 0 radical (unpaired) electrons. The molecule has 0 atom stereocenters. The van der Waals surface area contributed by atoms with Gasteiger partial charge in [0.1, 0.15) is 10.6 Å². The predicted octanol–water partition coefficient (Wildman–Crippen LogP) is 4.24. The van der Waals surface area contributed by atoms with E-state index in [1.807, 2.05) is 30.9 Å². The standard InChI is InChI=1S/C23H23N3O5S/c1-13-3-5-18(31-13)22-24-14(2)20(32-22)23(28)26-9-7-15(8-10-26)21(27)25-16-4-6-17-19(11-16)30-12-29-17/h3-6,11,15H,7-10,12H2,1-2H3,(H,25,27). The number of piperidine rings is 1. The highest BCUT2D eigenvalue weighted by atomic mass is 32.1. The highest BCUT2D eigenvalue weighted by Crippen LogP contribution is 2.35. The Labute approximate surface area is 189 Å². The lowest BCUT2D eigenvalue weighted by molar-refractivity contribution is -0.121. The molecule has 4 heterocycles. The number of hydrogen-bond acceptors (Lipinski definition) is 7. The zero-order chi connectivity index (χ0) is 22.2. The van der Waals surface area contributed by atoms with Crippen molar-refractivity contribution in [3.05, 3.63) is 46.7 Å². The molecule has 3 aromatic rings. The maximum Gasteiger partial charge on any atom is 0.265 e. The molecule has 1 saturated heterocycles. The number of nitrogens with one attached hydrogen (secondary N) is 1. The maximum atomic E-state index is 13.1. The van der Waals surface area contributed by atoms with Gasteiger partial charge in [-0.25, -0.2) is 4.98 Å². The van der Waals surface area contributed by atoms with Gasteiger partial charge in [0.05, 0.1) is 5.69 Å². The number of fused-ring (bicyclic) bond motifs is 1. The van der Waals surface area contributed by atoms with Gasteiger partial charge in [0.15, 0.2) is 22.3 Å². The van der Waals surface area contributed by atoms with Crippen molar-refractivity contribution in [1.82, 2.24) is 9.88 Å². The van der Waals surface area contributed by atoms with Gasteiger partial charge in [0.25, 0.3) is 5.91 Å². The predicted molar refractivity (Wildman–Crippen MR) is 119 cm³/mol. The summed E-state index contributed by atoms with van der Waals surface area (Å²) in [5, 5.41) is 3.66. The molecule has 1 aromatic carbocycles. The molecule has 9 heteroatoms. The minimum atomic E-state index is -0.145. The summed E-state index contributed by atoms with van der Waals surface area (Å²) in [5.41, 5.74) is 1.38. The van der Waals surface area contributed by atoms with Crippen LogP contribution in [0.25, 0.3) is 10.8 Å². The van der Waals surface area contributed by atoms with Crippen molar-refractivity contribution < 1.29 is 23.5 Å². The number of carbonyl (C=O) groups is 2. The van der Waals surface area contributed by atoms with Gasteiger partial charge in [-0.05, 0) is 51.0 Å².